The van der Waals surface area contributed by atoms with Gasteiger partial charge in [0.25, 0.3) is 0 Å². The predicted molar refractivity (Wildman–Crippen MR) is 76.1 cm³/mol. The van der Waals surface area contributed by atoms with Gasteiger partial charge in [-0.05, 0) is 25.8 Å². The van der Waals surface area contributed by atoms with Crippen LogP contribution >= 0.6 is 15.9 Å². The highest BCUT2D eigenvalue weighted by atomic mass is 79.9. The maximum absolute atomic E-state index is 5.76. The van der Waals surface area contributed by atoms with E-state index in [0.717, 1.165) is 18.5 Å². The summed E-state index contributed by atoms with van der Waals surface area (Å²) in [5.41, 5.74) is 0. The normalized spacial score (nSPS) is 18.3. The summed E-state index contributed by atoms with van der Waals surface area (Å²) >= 11 is 3.40. The second-order valence-corrected chi connectivity index (χ2v) is 5.55. The highest BCUT2D eigenvalue weighted by Gasteiger charge is 2.18. The summed E-state index contributed by atoms with van der Waals surface area (Å²) in [6.07, 6.45) is 9.79. The van der Waals surface area contributed by atoms with Gasteiger partial charge in [0.15, 0.2) is 0 Å². The van der Waals surface area contributed by atoms with Crippen LogP contribution in [0.15, 0.2) is 18.7 Å². The number of aromatic nitrogens is 2. The topological polar surface area (TPSA) is 30.3 Å². The van der Waals surface area contributed by atoms with Crippen LogP contribution in [-0.2, 0) is 11.3 Å². The Morgan fingerprint density at radius 2 is 2.11 bits per heavy atom. The average Bonchev–Trinajstić information content (AvgIpc) is 2.91. The van der Waals surface area contributed by atoms with Gasteiger partial charge in [-0.25, -0.2) is 4.98 Å². The first-order chi connectivity index (χ1) is 8.88. The van der Waals surface area contributed by atoms with E-state index >= 15 is 0 Å². The zero-order chi connectivity index (χ0) is 12.6. The largest absolute Gasteiger partial charge is 0.377 e. The monoisotopic (exact) mass is 315 g/mol. The van der Waals surface area contributed by atoms with Crippen molar-refractivity contribution in [2.75, 3.05) is 31.6 Å². The lowest BCUT2D eigenvalue weighted by atomic mass is 10.1. The Hall–Kier alpha value is -0.390. The quantitative estimate of drug-likeness (QED) is 0.722. The molecule has 0 saturated carbocycles. The third-order valence-electron chi connectivity index (χ3n) is 3.42. The molecule has 0 N–H and O–H groups in total. The van der Waals surface area contributed by atoms with Gasteiger partial charge in [-0.1, -0.05) is 15.9 Å². The van der Waals surface area contributed by atoms with Crippen molar-refractivity contribution in [2.24, 2.45) is 0 Å². The van der Waals surface area contributed by atoms with Crippen LogP contribution in [0.4, 0.5) is 0 Å². The van der Waals surface area contributed by atoms with E-state index in [4.69, 9.17) is 4.74 Å². The van der Waals surface area contributed by atoms with Gasteiger partial charge in [0.1, 0.15) is 0 Å². The van der Waals surface area contributed by atoms with Gasteiger partial charge in [0.2, 0.25) is 0 Å². The Bertz CT molecular complexity index is 310. The minimum absolute atomic E-state index is 0.479. The van der Waals surface area contributed by atoms with Gasteiger partial charge in [-0.2, -0.15) is 0 Å². The van der Waals surface area contributed by atoms with Crippen molar-refractivity contribution in [1.29, 1.82) is 0 Å². The number of alkyl halides is 1. The lowest BCUT2D eigenvalue weighted by Crippen LogP contribution is -2.38. The second-order valence-electron chi connectivity index (χ2n) is 4.75. The second kappa shape index (κ2) is 7.92. The zero-order valence-corrected chi connectivity index (χ0v) is 12.4. The third kappa shape index (κ3) is 4.71. The summed E-state index contributed by atoms with van der Waals surface area (Å²) in [5.74, 6) is 0. The van der Waals surface area contributed by atoms with Crippen LogP contribution in [0.25, 0.3) is 0 Å². The Kier molecular flexibility index (Phi) is 6.17. The fraction of sp³-hybridized carbons (Fsp3) is 0.769. The molecule has 1 aromatic rings. The van der Waals surface area contributed by atoms with Crippen LogP contribution < -0.4 is 0 Å². The third-order valence-corrected chi connectivity index (χ3v) is 3.74. The van der Waals surface area contributed by atoms with Crippen LogP contribution in [0.3, 0.4) is 0 Å². The number of ether oxygens (including phenoxy) is 1. The molecule has 1 fully saturated rings. The van der Waals surface area contributed by atoms with Crippen molar-refractivity contribution in [3.8, 4) is 0 Å². The van der Waals surface area contributed by atoms with E-state index in [1.165, 1.54) is 38.9 Å². The van der Waals surface area contributed by atoms with Crippen molar-refractivity contribution < 1.29 is 4.74 Å². The molecule has 2 heterocycles. The Morgan fingerprint density at radius 1 is 1.28 bits per heavy atom. The van der Waals surface area contributed by atoms with E-state index in [0.29, 0.717) is 6.10 Å². The van der Waals surface area contributed by atoms with E-state index in [-0.39, 0.29) is 0 Å². The molecule has 0 aliphatic carbocycles. The fourth-order valence-corrected chi connectivity index (χ4v) is 2.59. The van der Waals surface area contributed by atoms with Gasteiger partial charge in [-0.3, -0.25) is 0 Å². The standard InChI is InChI=1S/C13H22BrN3O/c14-4-11-18-13-2-8-16(9-3-13)6-1-7-17-10-5-15-12-17/h5,10,12-13H,1-4,6-9,11H2. The maximum Gasteiger partial charge on any atom is 0.0945 e. The summed E-state index contributed by atoms with van der Waals surface area (Å²) in [5, 5.41) is 0.943. The van der Waals surface area contributed by atoms with Crippen LogP contribution in [0.5, 0.6) is 0 Å². The molecule has 102 valence electrons. The molecule has 1 saturated heterocycles. The Balaban J connectivity index is 1.56. The fourth-order valence-electron chi connectivity index (χ4n) is 2.41. The Labute approximate surface area is 117 Å². The van der Waals surface area contributed by atoms with Crippen LogP contribution in [0.1, 0.15) is 19.3 Å². The number of halogens is 1. The minimum Gasteiger partial charge on any atom is -0.377 e. The summed E-state index contributed by atoms with van der Waals surface area (Å²) in [6, 6.07) is 0. The van der Waals surface area contributed by atoms with Crippen molar-refractivity contribution in [2.45, 2.75) is 31.9 Å². The number of likely N-dealkylation sites (tertiary alicyclic amines) is 1. The SMILES string of the molecule is BrCCOC1CCN(CCCn2ccnc2)CC1. The smallest absolute Gasteiger partial charge is 0.0945 e. The number of hydrogen-bond acceptors (Lipinski definition) is 3. The molecule has 0 radical (unpaired) electrons. The number of piperidine rings is 1. The Morgan fingerprint density at radius 3 is 2.78 bits per heavy atom. The summed E-state index contributed by atoms with van der Waals surface area (Å²) in [4.78, 5) is 6.60. The number of hydrogen-bond donors (Lipinski definition) is 0. The molecule has 1 aliphatic rings. The summed E-state index contributed by atoms with van der Waals surface area (Å²) in [6.45, 7) is 5.45. The first-order valence-electron chi connectivity index (χ1n) is 6.74. The minimum atomic E-state index is 0.479. The highest BCUT2D eigenvalue weighted by Crippen LogP contribution is 2.14. The lowest BCUT2D eigenvalue weighted by Gasteiger charge is -2.31. The van der Waals surface area contributed by atoms with Crippen molar-refractivity contribution in [3.63, 3.8) is 0 Å². The van der Waals surface area contributed by atoms with Gasteiger partial charge in [0.05, 0.1) is 19.0 Å². The van der Waals surface area contributed by atoms with Crippen LogP contribution in [-0.4, -0.2) is 52.1 Å². The first kappa shape index (κ1) is 14.0. The first-order valence-corrected chi connectivity index (χ1v) is 7.86. The number of aryl methyl sites for hydroxylation is 1. The van der Waals surface area contributed by atoms with Crippen LogP contribution in [0, 0.1) is 0 Å². The van der Waals surface area contributed by atoms with Gasteiger partial charge < -0.3 is 14.2 Å². The summed E-state index contributed by atoms with van der Waals surface area (Å²) < 4.78 is 7.90. The predicted octanol–water partition coefficient (Wildman–Crippen LogP) is 2.15. The average molecular weight is 316 g/mol. The van der Waals surface area contributed by atoms with Gasteiger partial charge >= 0.3 is 0 Å². The van der Waals surface area contributed by atoms with Gasteiger partial charge in [0, 0.05) is 37.4 Å². The number of imidazole rings is 1. The molecular formula is C13H22BrN3O. The molecule has 0 spiro atoms. The van der Waals surface area contributed by atoms with Crippen molar-refractivity contribution >= 4 is 15.9 Å². The van der Waals surface area contributed by atoms with Crippen molar-refractivity contribution in [1.82, 2.24) is 14.5 Å². The number of rotatable bonds is 7. The van der Waals surface area contributed by atoms with E-state index in [1.54, 1.807) is 0 Å². The highest BCUT2D eigenvalue weighted by molar-refractivity contribution is 9.09. The maximum atomic E-state index is 5.76. The van der Waals surface area contributed by atoms with Gasteiger partial charge in [-0.15, -0.1) is 0 Å². The molecule has 4 nitrogen and oxygen atoms in total. The molecule has 1 aliphatic heterocycles. The van der Waals surface area contributed by atoms with E-state index < -0.39 is 0 Å². The molecule has 18 heavy (non-hydrogen) atoms. The molecule has 0 bridgehead atoms. The van der Waals surface area contributed by atoms with E-state index in [1.807, 2.05) is 18.7 Å². The molecule has 5 heteroatoms. The van der Waals surface area contributed by atoms with E-state index in [9.17, 15) is 0 Å². The number of nitrogens with zero attached hydrogens (tertiary/aromatic N) is 3. The molecule has 2 rings (SSSR count). The molecule has 0 unspecified atom stereocenters. The molecule has 0 amide bonds. The zero-order valence-electron chi connectivity index (χ0n) is 10.8. The van der Waals surface area contributed by atoms with E-state index in [2.05, 4.69) is 30.4 Å². The molecule has 1 aromatic heterocycles. The van der Waals surface area contributed by atoms with Crippen LogP contribution in [0.2, 0.25) is 0 Å². The van der Waals surface area contributed by atoms with Crippen molar-refractivity contribution in [3.05, 3.63) is 18.7 Å². The summed E-state index contributed by atoms with van der Waals surface area (Å²) in [7, 11) is 0. The molecular weight excluding hydrogens is 294 g/mol. The molecule has 0 aromatic carbocycles. The molecule has 0 atom stereocenters. The lowest BCUT2D eigenvalue weighted by molar-refractivity contribution is 0.0155.